The molecule has 3 aromatic rings. The molecule has 1 saturated heterocycles. The molecule has 0 spiro atoms. The van der Waals surface area contributed by atoms with Crippen molar-refractivity contribution in [2.24, 2.45) is 7.05 Å². The number of benzene rings is 2. The van der Waals surface area contributed by atoms with Crippen LogP contribution in [0.15, 0.2) is 53.7 Å². The third-order valence-electron chi connectivity index (χ3n) is 5.75. The highest BCUT2D eigenvalue weighted by atomic mass is 32.2. The number of hydrogen-bond donors (Lipinski definition) is 1. The molecule has 1 N–H and O–H groups in total. The normalized spacial score (nSPS) is 15.4. The number of nitrogens with one attached hydrogen (secondary N) is 1. The molecule has 1 aliphatic heterocycles. The molecule has 1 aromatic heterocycles. The van der Waals surface area contributed by atoms with E-state index >= 15 is 0 Å². The lowest BCUT2D eigenvalue weighted by Gasteiger charge is -2.24. The van der Waals surface area contributed by atoms with Crippen LogP contribution in [0.4, 0.5) is 11.4 Å². The molecule has 2 aromatic carbocycles. The van der Waals surface area contributed by atoms with Crippen molar-refractivity contribution in [2.75, 3.05) is 17.6 Å². The van der Waals surface area contributed by atoms with Gasteiger partial charge in [-0.3, -0.25) is 19.7 Å². The van der Waals surface area contributed by atoms with E-state index in [2.05, 4.69) is 15.5 Å². The van der Waals surface area contributed by atoms with Crippen LogP contribution in [-0.4, -0.2) is 48.7 Å². The zero-order valence-electron chi connectivity index (χ0n) is 18.8. The molecule has 1 unspecified atom stereocenters. The minimum atomic E-state index is -0.493. The van der Waals surface area contributed by atoms with Gasteiger partial charge in [0.05, 0.1) is 16.7 Å². The number of aryl methyl sites for hydroxylation is 1. The van der Waals surface area contributed by atoms with Crippen LogP contribution in [0.25, 0.3) is 0 Å². The van der Waals surface area contributed by atoms with Crippen LogP contribution in [0.5, 0.6) is 0 Å². The SMILES string of the molecule is Cc1ccccc1C(=O)N1CCCC1c1nnc(SCC(=O)Nc2ccc([N+](=O)[O-])cc2)n1C. The molecule has 1 fully saturated rings. The van der Waals surface area contributed by atoms with Gasteiger partial charge in [0.1, 0.15) is 0 Å². The molecule has 0 saturated carbocycles. The van der Waals surface area contributed by atoms with Crippen molar-refractivity contribution in [3.8, 4) is 0 Å². The lowest BCUT2D eigenvalue weighted by Crippen LogP contribution is -2.32. The van der Waals surface area contributed by atoms with E-state index < -0.39 is 4.92 Å². The maximum atomic E-state index is 13.2. The molecular formula is C23H24N6O4S. The molecule has 0 bridgehead atoms. The summed E-state index contributed by atoms with van der Waals surface area (Å²) < 4.78 is 1.83. The van der Waals surface area contributed by atoms with Gasteiger partial charge in [-0.1, -0.05) is 30.0 Å². The topological polar surface area (TPSA) is 123 Å². The standard InChI is InChI=1S/C23H24N6O4S/c1-15-6-3-4-7-18(15)22(31)28-13-5-8-19(28)21-25-26-23(27(21)2)34-14-20(30)24-16-9-11-17(12-10-16)29(32)33/h3-4,6-7,9-12,19H,5,8,13-14H2,1-2H3,(H,24,30). The van der Waals surface area contributed by atoms with Crippen LogP contribution < -0.4 is 5.32 Å². The number of nitro benzene ring substituents is 1. The van der Waals surface area contributed by atoms with Gasteiger partial charge in [0.2, 0.25) is 5.91 Å². The van der Waals surface area contributed by atoms with Crippen molar-refractivity contribution < 1.29 is 14.5 Å². The summed E-state index contributed by atoms with van der Waals surface area (Å²) in [5.41, 5.74) is 2.06. The van der Waals surface area contributed by atoms with Crippen molar-refractivity contribution in [1.82, 2.24) is 19.7 Å². The number of anilines is 1. The average molecular weight is 481 g/mol. The highest BCUT2D eigenvalue weighted by Gasteiger charge is 2.34. The number of nitro groups is 1. The second kappa shape index (κ2) is 10.0. The Morgan fingerprint density at radius 2 is 1.91 bits per heavy atom. The molecule has 0 radical (unpaired) electrons. The van der Waals surface area contributed by atoms with Crippen molar-refractivity contribution in [1.29, 1.82) is 0 Å². The van der Waals surface area contributed by atoms with Gasteiger partial charge in [-0.25, -0.2) is 0 Å². The Kier molecular flexibility index (Phi) is 6.92. The number of amides is 2. The first-order valence-corrected chi connectivity index (χ1v) is 11.8. The summed E-state index contributed by atoms with van der Waals surface area (Å²) in [6.07, 6.45) is 1.68. The fourth-order valence-electron chi connectivity index (χ4n) is 3.98. The van der Waals surface area contributed by atoms with E-state index in [1.165, 1.54) is 36.0 Å². The molecule has 1 aliphatic rings. The Labute approximate surface area is 200 Å². The zero-order chi connectivity index (χ0) is 24.2. The van der Waals surface area contributed by atoms with E-state index in [0.717, 1.165) is 18.4 Å². The van der Waals surface area contributed by atoms with E-state index in [1.54, 1.807) is 0 Å². The first-order chi connectivity index (χ1) is 16.3. The number of nitrogens with zero attached hydrogens (tertiary/aromatic N) is 5. The number of likely N-dealkylation sites (tertiary alicyclic amines) is 1. The average Bonchev–Trinajstić information content (AvgIpc) is 3.44. The van der Waals surface area contributed by atoms with Crippen LogP contribution in [0.1, 0.15) is 40.6 Å². The molecule has 11 heteroatoms. The van der Waals surface area contributed by atoms with Gasteiger partial charge in [-0.05, 0) is 43.5 Å². The van der Waals surface area contributed by atoms with Gasteiger partial charge in [0.25, 0.3) is 11.6 Å². The van der Waals surface area contributed by atoms with E-state index in [4.69, 9.17) is 0 Å². The maximum absolute atomic E-state index is 13.2. The second-order valence-corrected chi connectivity index (χ2v) is 8.95. The fourth-order valence-corrected chi connectivity index (χ4v) is 4.70. The number of non-ortho nitro benzene ring substituents is 1. The lowest BCUT2D eigenvalue weighted by atomic mass is 10.1. The summed E-state index contributed by atoms with van der Waals surface area (Å²) >= 11 is 1.24. The minimum absolute atomic E-state index is 0.0136. The first kappa shape index (κ1) is 23.4. The molecule has 176 valence electrons. The number of carbonyl (C=O) groups is 2. The quantitative estimate of drug-likeness (QED) is 0.310. The summed E-state index contributed by atoms with van der Waals surface area (Å²) in [5.74, 6) is 0.512. The maximum Gasteiger partial charge on any atom is 0.269 e. The van der Waals surface area contributed by atoms with Crippen LogP contribution in [0.3, 0.4) is 0 Å². The van der Waals surface area contributed by atoms with E-state index in [1.807, 2.05) is 47.7 Å². The van der Waals surface area contributed by atoms with E-state index in [9.17, 15) is 19.7 Å². The second-order valence-electron chi connectivity index (χ2n) is 8.01. The van der Waals surface area contributed by atoms with Crippen molar-refractivity contribution in [3.05, 3.63) is 75.6 Å². The summed E-state index contributed by atoms with van der Waals surface area (Å²) in [4.78, 5) is 37.6. The van der Waals surface area contributed by atoms with Crippen LogP contribution in [0, 0.1) is 17.0 Å². The molecular weight excluding hydrogens is 456 g/mol. The van der Waals surface area contributed by atoms with Crippen molar-refractivity contribution >= 4 is 35.0 Å². The highest BCUT2D eigenvalue weighted by Crippen LogP contribution is 2.33. The smallest absolute Gasteiger partial charge is 0.269 e. The molecule has 34 heavy (non-hydrogen) atoms. The van der Waals surface area contributed by atoms with E-state index in [0.29, 0.717) is 28.8 Å². The predicted octanol–water partition coefficient (Wildman–Crippen LogP) is 3.74. The third kappa shape index (κ3) is 4.93. The van der Waals surface area contributed by atoms with Gasteiger partial charge < -0.3 is 14.8 Å². The van der Waals surface area contributed by atoms with Crippen LogP contribution in [-0.2, 0) is 11.8 Å². The lowest BCUT2D eigenvalue weighted by molar-refractivity contribution is -0.384. The summed E-state index contributed by atoms with van der Waals surface area (Å²) in [6.45, 7) is 2.59. The molecule has 4 rings (SSSR count). The Hall–Kier alpha value is -3.73. The van der Waals surface area contributed by atoms with Gasteiger partial charge >= 0.3 is 0 Å². The number of aromatic nitrogens is 3. The Balaban J connectivity index is 1.40. The van der Waals surface area contributed by atoms with Gasteiger partial charge in [0, 0.05) is 37.0 Å². The number of hydrogen-bond acceptors (Lipinski definition) is 7. The number of rotatable bonds is 7. The fraction of sp³-hybridized carbons (Fsp3) is 0.304. The minimum Gasteiger partial charge on any atom is -0.328 e. The Morgan fingerprint density at radius 1 is 1.18 bits per heavy atom. The summed E-state index contributed by atoms with van der Waals surface area (Å²) in [7, 11) is 1.83. The van der Waals surface area contributed by atoms with Crippen molar-refractivity contribution in [2.45, 2.75) is 31.0 Å². The summed E-state index contributed by atoms with van der Waals surface area (Å²) in [5, 5.41) is 22.6. The van der Waals surface area contributed by atoms with Crippen molar-refractivity contribution in [3.63, 3.8) is 0 Å². The largest absolute Gasteiger partial charge is 0.328 e. The first-order valence-electron chi connectivity index (χ1n) is 10.8. The zero-order valence-corrected chi connectivity index (χ0v) is 19.6. The van der Waals surface area contributed by atoms with Gasteiger partial charge in [-0.15, -0.1) is 10.2 Å². The Morgan fingerprint density at radius 3 is 2.62 bits per heavy atom. The molecule has 0 aliphatic carbocycles. The third-order valence-corrected chi connectivity index (χ3v) is 6.77. The molecule has 1 atom stereocenters. The molecule has 10 nitrogen and oxygen atoms in total. The van der Waals surface area contributed by atoms with Gasteiger partial charge in [-0.2, -0.15) is 0 Å². The molecule has 2 amide bonds. The monoisotopic (exact) mass is 480 g/mol. The van der Waals surface area contributed by atoms with E-state index in [-0.39, 0.29) is 29.3 Å². The van der Waals surface area contributed by atoms with Crippen LogP contribution >= 0.6 is 11.8 Å². The Bertz CT molecular complexity index is 1230. The van der Waals surface area contributed by atoms with Crippen LogP contribution in [0.2, 0.25) is 0 Å². The summed E-state index contributed by atoms with van der Waals surface area (Å²) in [6, 6.07) is 13.0. The molecule has 2 heterocycles. The predicted molar refractivity (Wildman–Crippen MR) is 128 cm³/mol. The number of carbonyl (C=O) groups excluding carboxylic acids is 2. The highest BCUT2D eigenvalue weighted by molar-refractivity contribution is 7.99. The number of thioether (sulfide) groups is 1. The van der Waals surface area contributed by atoms with Gasteiger partial charge in [0.15, 0.2) is 11.0 Å².